The van der Waals surface area contributed by atoms with Crippen LogP contribution in [-0.2, 0) is 6.42 Å². The van der Waals surface area contributed by atoms with Crippen molar-refractivity contribution in [3.05, 3.63) is 53.1 Å². The molecule has 0 bridgehead atoms. The maximum absolute atomic E-state index is 5.02. The molecule has 0 unspecified atom stereocenters. The van der Waals surface area contributed by atoms with Crippen LogP contribution >= 0.6 is 11.3 Å². The van der Waals surface area contributed by atoms with Crippen molar-refractivity contribution in [1.82, 2.24) is 29.7 Å². The van der Waals surface area contributed by atoms with Crippen LogP contribution in [0.15, 0.2) is 47.5 Å². The second-order valence-corrected chi connectivity index (χ2v) is 8.53. The van der Waals surface area contributed by atoms with E-state index in [1.54, 1.807) is 11.3 Å². The quantitative estimate of drug-likeness (QED) is 0.465. The van der Waals surface area contributed by atoms with Gasteiger partial charge in [-0.25, -0.2) is 15.0 Å². The molecule has 2 N–H and O–H groups in total. The second-order valence-electron chi connectivity index (χ2n) is 7.82. The zero-order chi connectivity index (χ0) is 21.0. The van der Waals surface area contributed by atoms with Gasteiger partial charge in [-0.3, -0.25) is 4.57 Å². The number of anilines is 1. The molecule has 7 nitrogen and oxygen atoms in total. The molecule has 1 aliphatic heterocycles. The van der Waals surface area contributed by atoms with E-state index in [2.05, 4.69) is 59.8 Å². The number of nitrogens with zero attached hydrogens (tertiary/aromatic N) is 5. The molecule has 5 heterocycles. The van der Waals surface area contributed by atoms with Crippen LogP contribution in [0.5, 0.6) is 0 Å². The number of aromatic nitrogens is 4. The van der Waals surface area contributed by atoms with Gasteiger partial charge in [-0.2, -0.15) is 0 Å². The normalized spacial score (nSPS) is 14.9. The van der Waals surface area contributed by atoms with Gasteiger partial charge in [0.05, 0.1) is 11.2 Å². The number of pyridine rings is 2. The van der Waals surface area contributed by atoms with Crippen LogP contribution in [0.2, 0.25) is 0 Å². The summed E-state index contributed by atoms with van der Waals surface area (Å²) in [6.07, 6.45) is 6.27. The van der Waals surface area contributed by atoms with Gasteiger partial charge in [-0.1, -0.05) is 0 Å². The molecule has 4 aromatic rings. The van der Waals surface area contributed by atoms with Crippen molar-refractivity contribution in [2.45, 2.75) is 12.8 Å². The smallest absolute Gasteiger partial charge is 0.149 e. The molecule has 160 valence electrons. The molecule has 0 aromatic carbocycles. The minimum Gasteiger partial charge on any atom is -0.373 e. The van der Waals surface area contributed by atoms with Crippen LogP contribution in [-0.4, -0.2) is 64.2 Å². The highest BCUT2D eigenvalue weighted by Gasteiger charge is 2.15. The Morgan fingerprint density at radius 2 is 2.03 bits per heavy atom. The summed E-state index contributed by atoms with van der Waals surface area (Å²) in [6.45, 7) is 5.62. The SMILES string of the molecule is CNc1ccc(-c2ccc3c(CCCN4CCNCC4)cn(-c4cscn4)c3n2)cn1. The maximum Gasteiger partial charge on any atom is 0.149 e. The fourth-order valence-corrected chi connectivity index (χ4v) is 4.68. The van der Waals surface area contributed by atoms with E-state index in [9.17, 15) is 0 Å². The lowest BCUT2D eigenvalue weighted by Crippen LogP contribution is -2.43. The van der Waals surface area contributed by atoms with Crippen LogP contribution in [0, 0.1) is 0 Å². The third kappa shape index (κ3) is 4.32. The average molecular weight is 434 g/mol. The molecule has 4 aromatic heterocycles. The summed E-state index contributed by atoms with van der Waals surface area (Å²) in [5, 5.41) is 9.76. The van der Waals surface area contributed by atoms with Gasteiger partial charge in [0, 0.05) is 62.0 Å². The number of hydrogen-bond donors (Lipinski definition) is 2. The molecule has 0 amide bonds. The van der Waals surface area contributed by atoms with Crippen molar-refractivity contribution in [3.8, 4) is 17.1 Å². The van der Waals surface area contributed by atoms with Gasteiger partial charge >= 0.3 is 0 Å². The van der Waals surface area contributed by atoms with Gasteiger partial charge in [0.15, 0.2) is 0 Å². The first-order valence-corrected chi connectivity index (χ1v) is 11.7. The van der Waals surface area contributed by atoms with E-state index in [0.717, 1.165) is 74.1 Å². The molecule has 0 radical (unpaired) electrons. The van der Waals surface area contributed by atoms with E-state index in [1.165, 1.54) is 10.9 Å². The van der Waals surface area contributed by atoms with Gasteiger partial charge in [-0.15, -0.1) is 11.3 Å². The summed E-state index contributed by atoms with van der Waals surface area (Å²) < 4.78 is 2.13. The number of nitrogens with one attached hydrogen (secondary N) is 2. The number of fused-ring (bicyclic) bond motifs is 1. The molecule has 5 rings (SSSR count). The zero-order valence-electron chi connectivity index (χ0n) is 17.7. The molecule has 8 heteroatoms. The first-order valence-electron chi connectivity index (χ1n) is 10.8. The van der Waals surface area contributed by atoms with Crippen LogP contribution in [0.25, 0.3) is 28.1 Å². The van der Waals surface area contributed by atoms with Crippen molar-refractivity contribution in [3.63, 3.8) is 0 Å². The summed E-state index contributed by atoms with van der Waals surface area (Å²) in [5.41, 5.74) is 6.09. The Bertz CT molecular complexity index is 1130. The van der Waals surface area contributed by atoms with Gasteiger partial charge in [0.1, 0.15) is 17.3 Å². The van der Waals surface area contributed by atoms with Crippen molar-refractivity contribution in [2.75, 3.05) is 45.1 Å². The third-order valence-electron chi connectivity index (χ3n) is 5.85. The Morgan fingerprint density at radius 3 is 2.77 bits per heavy atom. The molecule has 0 spiro atoms. The summed E-state index contributed by atoms with van der Waals surface area (Å²) >= 11 is 1.60. The van der Waals surface area contributed by atoms with Crippen molar-refractivity contribution in [2.24, 2.45) is 0 Å². The van der Waals surface area contributed by atoms with E-state index >= 15 is 0 Å². The standard InChI is InChI=1S/C23H27N7S/c1-24-21-7-4-17(13-26-21)20-6-5-19-18(3-2-10-29-11-8-25-9-12-29)14-30(23(19)28-20)22-15-31-16-27-22/h4-7,13-16,25H,2-3,8-12H2,1H3,(H,24,26). The molecular formula is C23H27N7S. The summed E-state index contributed by atoms with van der Waals surface area (Å²) in [5.74, 6) is 1.78. The van der Waals surface area contributed by atoms with Crippen LogP contribution in [0.3, 0.4) is 0 Å². The fraction of sp³-hybridized carbons (Fsp3) is 0.348. The summed E-state index contributed by atoms with van der Waals surface area (Å²) in [7, 11) is 1.87. The largest absolute Gasteiger partial charge is 0.373 e. The van der Waals surface area contributed by atoms with Gasteiger partial charge in [-0.05, 0) is 49.2 Å². The minimum absolute atomic E-state index is 0.849. The van der Waals surface area contributed by atoms with Crippen molar-refractivity contribution >= 4 is 28.2 Å². The minimum atomic E-state index is 0.849. The van der Waals surface area contributed by atoms with E-state index < -0.39 is 0 Å². The number of hydrogen-bond acceptors (Lipinski definition) is 7. The third-order valence-corrected chi connectivity index (χ3v) is 6.42. The lowest BCUT2D eigenvalue weighted by Gasteiger charge is -2.26. The molecule has 0 atom stereocenters. The van der Waals surface area contributed by atoms with Crippen LogP contribution in [0.1, 0.15) is 12.0 Å². The Hall–Kier alpha value is -2.81. The monoisotopic (exact) mass is 433 g/mol. The predicted octanol–water partition coefficient (Wildman–Crippen LogP) is 3.42. The predicted molar refractivity (Wildman–Crippen MR) is 127 cm³/mol. The van der Waals surface area contributed by atoms with Crippen molar-refractivity contribution in [1.29, 1.82) is 0 Å². The molecule has 1 saturated heterocycles. The Kier molecular flexibility index (Phi) is 5.93. The first kappa shape index (κ1) is 20.1. The first-order chi connectivity index (χ1) is 15.3. The van der Waals surface area contributed by atoms with Crippen molar-refractivity contribution < 1.29 is 0 Å². The maximum atomic E-state index is 5.02. The van der Waals surface area contributed by atoms with E-state index in [-0.39, 0.29) is 0 Å². The van der Waals surface area contributed by atoms with Gasteiger partial charge in [0.2, 0.25) is 0 Å². The number of piperazine rings is 1. The lowest BCUT2D eigenvalue weighted by molar-refractivity contribution is 0.238. The topological polar surface area (TPSA) is 70.9 Å². The zero-order valence-corrected chi connectivity index (χ0v) is 18.5. The van der Waals surface area contributed by atoms with E-state index in [0.29, 0.717) is 0 Å². The molecule has 0 aliphatic carbocycles. The molecular weight excluding hydrogens is 406 g/mol. The highest BCUT2D eigenvalue weighted by molar-refractivity contribution is 7.07. The fourth-order valence-electron chi connectivity index (χ4n) is 4.15. The Labute approximate surface area is 186 Å². The number of rotatable bonds is 7. The lowest BCUT2D eigenvalue weighted by atomic mass is 10.1. The summed E-state index contributed by atoms with van der Waals surface area (Å²) in [6, 6.07) is 8.33. The van der Waals surface area contributed by atoms with Crippen LogP contribution < -0.4 is 10.6 Å². The Balaban J connectivity index is 1.45. The highest BCUT2D eigenvalue weighted by Crippen LogP contribution is 2.28. The van der Waals surface area contributed by atoms with Gasteiger partial charge in [0.25, 0.3) is 0 Å². The number of thiazole rings is 1. The van der Waals surface area contributed by atoms with E-state index in [4.69, 9.17) is 4.98 Å². The van der Waals surface area contributed by atoms with Gasteiger partial charge < -0.3 is 15.5 Å². The average Bonchev–Trinajstić information content (AvgIpc) is 3.48. The Morgan fingerprint density at radius 1 is 1.13 bits per heavy atom. The molecule has 0 saturated carbocycles. The highest BCUT2D eigenvalue weighted by atomic mass is 32.1. The second kappa shape index (κ2) is 9.13. The number of aryl methyl sites for hydroxylation is 1. The molecule has 1 fully saturated rings. The molecule has 1 aliphatic rings. The van der Waals surface area contributed by atoms with E-state index in [1.807, 2.05) is 24.8 Å². The summed E-state index contributed by atoms with van der Waals surface area (Å²) in [4.78, 5) is 16.5. The van der Waals surface area contributed by atoms with Crippen LogP contribution in [0.4, 0.5) is 5.82 Å². The molecule has 31 heavy (non-hydrogen) atoms.